The Balaban J connectivity index is 1.53. The lowest BCUT2D eigenvalue weighted by Crippen LogP contribution is -2.26. The molecular weight excluding hydrogens is 292 g/mol. The molecule has 0 N–H and O–H groups in total. The van der Waals surface area contributed by atoms with Gasteiger partial charge in [-0.1, -0.05) is 11.2 Å². The first-order valence-corrected chi connectivity index (χ1v) is 8.34. The molecule has 1 unspecified atom stereocenters. The Bertz CT molecular complexity index is 702. The third kappa shape index (κ3) is 2.85. The summed E-state index contributed by atoms with van der Waals surface area (Å²) in [5, 5.41) is 4.12. The standard InChI is InChI=1S/C18H22N2O3/c1-18(2,17-19-16(20-23-17)14-8-9-21-11-14)22-15-7-6-12-4-3-5-13(12)10-15/h6-7,10,14H,3-5,8-9,11H2,1-2H3. The second-order valence-electron chi connectivity index (χ2n) is 6.91. The molecular formula is C18H22N2O3. The maximum atomic E-state index is 6.16. The minimum absolute atomic E-state index is 0.239. The van der Waals surface area contributed by atoms with E-state index < -0.39 is 5.60 Å². The monoisotopic (exact) mass is 314 g/mol. The predicted molar refractivity (Wildman–Crippen MR) is 84.6 cm³/mol. The number of aromatic nitrogens is 2. The van der Waals surface area contributed by atoms with E-state index in [0.717, 1.165) is 31.0 Å². The zero-order valence-corrected chi connectivity index (χ0v) is 13.7. The number of benzene rings is 1. The molecule has 0 spiro atoms. The van der Waals surface area contributed by atoms with E-state index in [9.17, 15) is 0 Å². The second kappa shape index (κ2) is 5.64. The number of fused-ring (bicyclic) bond motifs is 1. The summed E-state index contributed by atoms with van der Waals surface area (Å²) in [6, 6.07) is 6.35. The maximum absolute atomic E-state index is 6.16. The van der Waals surface area contributed by atoms with Crippen molar-refractivity contribution in [3.8, 4) is 5.75 Å². The lowest BCUT2D eigenvalue weighted by molar-refractivity contribution is 0.0691. The van der Waals surface area contributed by atoms with Crippen molar-refractivity contribution in [1.82, 2.24) is 10.1 Å². The average molecular weight is 314 g/mol. The molecule has 1 atom stereocenters. The molecule has 1 aliphatic carbocycles. The van der Waals surface area contributed by atoms with Gasteiger partial charge in [-0.3, -0.25) is 0 Å². The van der Waals surface area contributed by atoms with Gasteiger partial charge in [0.15, 0.2) is 11.4 Å². The van der Waals surface area contributed by atoms with Crippen LogP contribution in [0.4, 0.5) is 0 Å². The normalized spacial score (nSPS) is 20.7. The van der Waals surface area contributed by atoms with Gasteiger partial charge < -0.3 is 14.0 Å². The first-order chi connectivity index (χ1) is 11.1. The van der Waals surface area contributed by atoms with Crippen LogP contribution < -0.4 is 4.74 Å². The molecule has 0 amide bonds. The number of rotatable bonds is 4. The van der Waals surface area contributed by atoms with Crippen LogP contribution in [0.3, 0.4) is 0 Å². The van der Waals surface area contributed by atoms with Gasteiger partial charge in [0.1, 0.15) is 5.75 Å². The summed E-state index contributed by atoms with van der Waals surface area (Å²) in [6.45, 7) is 5.36. The van der Waals surface area contributed by atoms with Crippen molar-refractivity contribution in [2.75, 3.05) is 13.2 Å². The van der Waals surface area contributed by atoms with E-state index in [-0.39, 0.29) is 5.92 Å². The fourth-order valence-corrected chi connectivity index (χ4v) is 3.33. The Kier molecular flexibility index (Phi) is 3.60. The smallest absolute Gasteiger partial charge is 0.270 e. The van der Waals surface area contributed by atoms with Crippen LogP contribution in [-0.4, -0.2) is 23.4 Å². The van der Waals surface area contributed by atoms with Crippen molar-refractivity contribution in [3.63, 3.8) is 0 Å². The summed E-state index contributed by atoms with van der Waals surface area (Å²) >= 11 is 0. The summed E-state index contributed by atoms with van der Waals surface area (Å²) < 4.78 is 17.0. The van der Waals surface area contributed by atoms with Crippen molar-refractivity contribution in [1.29, 1.82) is 0 Å². The zero-order valence-electron chi connectivity index (χ0n) is 13.7. The molecule has 1 aliphatic heterocycles. The van der Waals surface area contributed by atoms with Gasteiger partial charge >= 0.3 is 0 Å². The van der Waals surface area contributed by atoms with Gasteiger partial charge in [-0.15, -0.1) is 0 Å². The van der Waals surface area contributed by atoms with E-state index in [0.29, 0.717) is 12.5 Å². The summed E-state index contributed by atoms with van der Waals surface area (Å²) in [7, 11) is 0. The van der Waals surface area contributed by atoms with Crippen LogP contribution in [0.15, 0.2) is 22.7 Å². The summed E-state index contributed by atoms with van der Waals surface area (Å²) in [5.41, 5.74) is 2.18. The molecule has 1 aromatic heterocycles. The number of hydrogen-bond donors (Lipinski definition) is 0. The highest BCUT2D eigenvalue weighted by Crippen LogP contribution is 2.32. The van der Waals surface area contributed by atoms with E-state index in [2.05, 4.69) is 22.3 Å². The molecule has 1 saturated heterocycles. The minimum Gasteiger partial charge on any atom is -0.478 e. The number of hydrogen-bond acceptors (Lipinski definition) is 5. The summed E-state index contributed by atoms with van der Waals surface area (Å²) in [6.07, 6.45) is 4.50. The highest BCUT2D eigenvalue weighted by Gasteiger charge is 2.32. The van der Waals surface area contributed by atoms with Gasteiger partial charge in [0, 0.05) is 12.5 Å². The fraction of sp³-hybridized carbons (Fsp3) is 0.556. The van der Waals surface area contributed by atoms with Crippen LogP contribution in [0.2, 0.25) is 0 Å². The van der Waals surface area contributed by atoms with Gasteiger partial charge in [-0.2, -0.15) is 4.98 Å². The predicted octanol–water partition coefficient (Wildman–Crippen LogP) is 3.38. The Morgan fingerprint density at radius 1 is 1.22 bits per heavy atom. The fourth-order valence-electron chi connectivity index (χ4n) is 3.33. The van der Waals surface area contributed by atoms with Crippen LogP contribution >= 0.6 is 0 Å². The molecule has 0 radical (unpaired) electrons. The zero-order chi connectivity index (χ0) is 15.9. The number of ether oxygens (including phenoxy) is 2. The maximum Gasteiger partial charge on any atom is 0.270 e. The van der Waals surface area contributed by atoms with Crippen LogP contribution in [0.5, 0.6) is 5.75 Å². The Morgan fingerprint density at radius 2 is 2.09 bits per heavy atom. The van der Waals surface area contributed by atoms with Gasteiger partial charge in [0.2, 0.25) is 0 Å². The summed E-state index contributed by atoms with van der Waals surface area (Å²) in [5.74, 6) is 2.34. The van der Waals surface area contributed by atoms with Crippen LogP contribution in [0.25, 0.3) is 0 Å². The van der Waals surface area contributed by atoms with E-state index in [1.807, 2.05) is 19.9 Å². The van der Waals surface area contributed by atoms with Crippen LogP contribution in [-0.2, 0) is 23.2 Å². The molecule has 122 valence electrons. The number of nitrogens with zero attached hydrogens (tertiary/aromatic N) is 2. The molecule has 0 bridgehead atoms. The first-order valence-electron chi connectivity index (χ1n) is 8.34. The molecule has 2 heterocycles. The Hall–Kier alpha value is -1.88. The SMILES string of the molecule is CC(C)(Oc1ccc2c(c1)CCC2)c1nc(C2CCOC2)no1. The third-order valence-corrected chi connectivity index (χ3v) is 4.69. The molecule has 2 aromatic rings. The largest absolute Gasteiger partial charge is 0.478 e. The van der Waals surface area contributed by atoms with Crippen LogP contribution in [0, 0.1) is 0 Å². The Morgan fingerprint density at radius 3 is 2.91 bits per heavy atom. The molecule has 1 fully saturated rings. The van der Waals surface area contributed by atoms with E-state index in [1.54, 1.807) is 0 Å². The highest BCUT2D eigenvalue weighted by molar-refractivity contribution is 5.38. The van der Waals surface area contributed by atoms with Crippen molar-refractivity contribution >= 4 is 0 Å². The van der Waals surface area contributed by atoms with E-state index >= 15 is 0 Å². The quantitative estimate of drug-likeness (QED) is 0.866. The van der Waals surface area contributed by atoms with Gasteiger partial charge in [0.25, 0.3) is 5.89 Å². The molecule has 1 aromatic carbocycles. The van der Waals surface area contributed by atoms with Gasteiger partial charge in [0.05, 0.1) is 6.61 Å². The van der Waals surface area contributed by atoms with Crippen molar-refractivity contribution in [2.45, 2.75) is 51.0 Å². The third-order valence-electron chi connectivity index (χ3n) is 4.69. The second-order valence-corrected chi connectivity index (χ2v) is 6.91. The highest BCUT2D eigenvalue weighted by atomic mass is 16.5. The minimum atomic E-state index is -0.655. The average Bonchev–Trinajstić information content (AvgIpc) is 3.26. The van der Waals surface area contributed by atoms with E-state index in [4.69, 9.17) is 14.0 Å². The lowest BCUT2D eigenvalue weighted by Gasteiger charge is -2.22. The molecule has 2 aliphatic rings. The summed E-state index contributed by atoms with van der Waals surface area (Å²) in [4.78, 5) is 4.55. The molecule has 5 heteroatoms. The molecule has 4 rings (SSSR count). The molecule has 23 heavy (non-hydrogen) atoms. The van der Waals surface area contributed by atoms with E-state index in [1.165, 1.54) is 24.0 Å². The lowest BCUT2D eigenvalue weighted by atomic mass is 10.1. The first kappa shape index (κ1) is 14.7. The van der Waals surface area contributed by atoms with Crippen molar-refractivity contribution in [2.24, 2.45) is 0 Å². The van der Waals surface area contributed by atoms with Crippen LogP contribution in [0.1, 0.15) is 55.4 Å². The molecule has 5 nitrogen and oxygen atoms in total. The van der Waals surface area contributed by atoms with Gasteiger partial charge in [-0.25, -0.2) is 0 Å². The van der Waals surface area contributed by atoms with Crippen molar-refractivity contribution < 1.29 is 14.0 Å². The van der Waals surface area contributed by atoms with Crippen molar-refractivity contribution in [3.05, 3.63) is 41.0 Å². The van der Waals surface area contributed by atoms with Gasteiger partial charge in [-0.05, 0) is 62.8 Å². The topological polar surface area (TPSA) is 57.4 Å². The molecule has 0 saturated carbocycles. The Labute approximate surface area is 136 Å². The number of aryl methyl sites for hydroxylation is 2.